The van der Waals surface area contributed by atoms with Crippen molar-refractivity contribution in [1.29, 1.82) is 0 Å². The molecule has 1 aliphatic heterocycles. The summed E-state index contributed by atoms with van der Waals surface area (Å²) in [5, 5.41) is 7.14. The van der Waals surface area contributed by atoms with E-state index in [2.05, 4.69) is 41.7 Å². The number of amides is 1. The number of hydrogen-bond acceptors (Lipinski definition) is 7. The zero-order valence-corrected chi connectivity index (χ0v) is 21.2. The van der Waals surface area contributed by atoms with Gasteiger partial charge in [-0.3, -0.25) is 4.99 Å². The standard InChI is InChI=1S/C18H33N7O2S.HI/c1-6-14-22-16(28-23-14)25-12-10-24(11-13-25)15(19-5)20-8-7-9-21-17(26)27-18(2,3)4;/h6-13H2,1-5H3,(H,19,20)(H,21,26);1H. The Morgan fingerprint density at radius 2 is 1.86 bits per heavy atom. The maximum absolute atomic E-state index is 11.6. The second-order valence-corrected chi connectivity index (χ2v) is 8.31. The van der Waals surface area contributed by atoms with Crippen LogP contribution in [-0.2, 0) is 11.2 Å². The van der Waals surface area contributed by atoms with E-state index in [4.69, 9.17) is 4.74 Å². The first-order valence-electron chi connectivity index (χ1n) is 9.82. The molecule has 2 heterocycles. The molecule has 0 atom stereocenters. The van der Waals surface area contributed by atoms with E-state index in [0.29, 0.717) is 6.54 Å². The highest BCUT2D eigenvalue weighted by Gasteiger charge is 2.22. The molecule has 1 aromatic rings. The molecule has 0 radical (unpaired) electrons. The number of halogens is 1. The second kappa shape index (κ2) is 12.4. The summed E-state index contributed by atoms with van der Waals surface area (Å²) in [6.45, 7) is 12.5. The topological polar surface area (TPSA) is 95.0 Å². The number of ether oxygens (including phenoxy) is 1. The molecule has 2 rings (SSSR count). The zero-order chi connectivity index (χ0) is 20.6. The molecule has 1 amide bonds. The van der Waals surface area contributed by atoms with Crippen molar-refractivity contribution < 1.29 is 9.53 Å². The van der Waals surface area contributed by atoms with Gasteiger partial charge in [0.15, 0.2) is 5.96 Å². The van der Waals surface area contributed by atoms with Gasteiger partial charge in [-0.1, -0.05) is 6.92 Å². The Balaban J connectivity index is 0.00000420. The molecule has 0 unspecified atom stereocenters. The average Bonchev–Trinajstić information content (AvgIpc) is 3.13. The quantitative estimate of drug-likeness (QED) is 0.248. The summed E-state index contributed by atoms with van der Waals surface area (Å²) in [6, 6.07) is 0. The molecule has 1 aromatic heterocycles. The third-order valence-electron chi connectivity index (χ3n) is 4.14. The van der Waals surface area contributed by atoms with Gasteiger partial charge < -0.3 is 25.2 Å². The fraction of sp³-hybridized carbons (Fsp3) is 0.778. The molecule has 166 valence electrons. The number of carbonyl (C=O) groups is 1. The molecular weight excluding hydrogens is 505 g/mol. The zero-order valence-electron chi connectivity index (χ0n) is 18.0. The normalized spacial score (nSPS) is 15.0. The summed E-state index contributed by atoms with van der Waals surface area (Å²) < 4.78 is 9.59. The summed E-state index contributed by atoms with van der Waals surface area (Å²) >= 11 is 1.48. The van der Waals surface area contributed by atoms with E-state index in [1.165, 1.54) is 11.5 Å². The molecule has 1 saturated heterocycles. The first-order chi connectivity index (χ1) is 13.3. The number of guanidine groups is 1. The van der Waals surface area contributed by atoms with Crippen molar-refractivity contribution >= 4 is 52.7 Å². The van der Waals surface area contributed by atoms with E-state index in [1.54, 1.807) is 7.05 Å². The van der Waals surface area contributed by atoms with Gasteiger partial charge in [-0.15, -0.1) is 24.0 Å². The summed E-state index contributed by atoms with van der Waals surface area (Å²) in [7, 11) is 1.80. The molecule has 0 aliphatic carbocycles. The molecule has 0 spiro atoms. The summed E-state index contributed by atoms with van der Waals surface area (Å²) in [5.41, 5.74) is -0.473. The van der Waals surface area contributed by atoms with Crippen molar-refractivity contribution in [2.75, 3.05) is 51.2 Å². The SMILES string of the molecule is CCc1nsc(N2CCN(C(=NC)NCCCNC(=O)OC(C)(C)C)CC2)n1.I. The van der Waals surface area contributed by atoms with Crippen LogP contribution in [0.4, 0.5) is 9.93 Å². The molecule has 0 aromatic carbocycles. The van der Waals surface area contributed by atoms with E-state index in [0.717, 1.165) is 62.5 Å². The number of carbonyl (C=O) groups excluding carboxylic acids is 1. The van der Waals surface area contributed by atoms with E-state index < -0.39 is 5.60 Å². The first-order valence-corrected chi connectivity index (χ1v) is 10.6. The molecule has 9 nitrogen and oxygen atoms in total. The molecule has 0 saturated carbocycles. The fourth-order valence-electron chi connectivity index (χ4n) is 2.75. The van der Waals surface area contributed by atoms with Crippen LogP contribution in [0.25, 0.3) is 0 Å². The minimum atomic E-state index is -0.473. The van der Waals surface area contributed by atoms with Crippen molar-refractivity contribution in [3.8, 4) is 0 Å². The molecular formula is C18H34IN7O2S. The lowest BCUT2D eigenvalue weighted by molar-refractivity contribution is 0.0527. The van der Waals surface area contributed by atoms with E-state index in [-0.39, 0.29) is 30.1 Å². The summed E-state index contributed by atoms with van der Waals surface area (Å²) in [6.07, 6.45) is 1.29. The number of aryl methyl sites for hydroxylation is 1. The summed E-state index contributed by atoms with van der Waals surface area (Å²) in [5.74, 6) is 1.81. The fourth-order valence-corrected chi connectivity index (χ4v) is 3.55. The van der Waals surface area contributed by atoms with Gasteiger partial charge in [-0.2, -0.15) is 4.37 Å². The highest BCUT2D eigenvalue weighted by Crippen LogP contribution is 2.19. The van der Waals surface area contributed by atoms with Gasteiger partial charge in [0.1, 0.15) is 11.4 Å². The predicted molar refractivity (Wildman–Crippen MR) is 129 cm³/mol. The van der Waals surface area contributed by atoms with Gasteiger partial charge in [-0.25, -0.2) is 9.78 Å². The molecule has 2 N–H and O–H groups in total. The third kappa shape index (κ3) is 8.89. The first kappa shape index (κ1) is 25.7. The number of piperazine rings is 1. The molecule has 1 fully saturated rings. The van der Waals surface area contributed by atoms with Crippen LogP contribution >= 0.6 is 35.5 Å². The third-order valence-corrected chi connectivity index (χ3v) is 4.95. The van der Waals surface area contributed by atoms with Crippen LogP contribution in [-0.4, -0.2) is 78.2 Å². The highest BCUT2D eigenvalue weighted by molar-refractivity contribution is 14.0. The van der Waals surface area contributed by atoms with Crippen LogP contribution in [0.3, 0.4) is 0 Å². The van der Waals surface area contributed by atoms with Crippen LogP contribution in [0, 0.1) is 0 Å². The maximum atomic E-state index is 11.6. The highest BCUT2D eigenvalue weighted by atomic mass is 127. The monoisotopic (exact) mass is 539 g/mol. The van der Waals surface area contributed by atoms with Gasteiger partial charge in [0.2, 0.25) is 5.13 Å². The Morgan fingerprint density at radius 1 is 1.21 bits per heavy atom. The van der Waals surface area contributed by atoms with Crippen LogP contribution in [0.15, 0.2) is 4.99 Å². The number of alkyl carbamates (subject to hydrolysis) is 1. The maximum Gasteiger partial charge on any atom is 0.407 e. The van der Waals surface area contributed by atoms with Crippen LogP contribution < -0.4 is 15.5 Å². The lowest BCUT2D eigenvalue weighted by atomic mass is 10.2. The molecule has 1 aliphatic rings. The number of hydrogen-bond donors (Lipinski definition) is 2. The smallest absolute Gasteiger partial charge is 0.407 e. The van der Waals surface area contributed by atoms with E-state index in [1.807, 2.05) is 20.8 Å². The number of nitrogens with zero attached hydrogens (tertiary/aromatic N) is 5. The van der Waals surface area contributed by atoms with Crippen molar-refractivity contribution in [2.45, 2.75) is 46.1 Å². The van der Waals surface area contributed by atoms with Gasteiger partial charge in [-0.05, 0) is 27.2 Å². The Kier molecular flexibility index (Phi) is 10.9. The van der Waals surface area contributed by atoms with Crippen molar-refractivity contribution in [3.63, 3.8) is 0 Å². The Hall–Kier alpha value is -1.37. The van der Waals surface area contributed by atoms with E-state index in [9.17, 15) is 4.79 Å². The van der Waals surface area contributed by atoms with Gasteiger partial charge >= 0.3 is 6.09 Å². The molecule has 29 heavy (non-hydrogen) atoms. The van der Waals surface area contributed by atoms with Gasteiger partial charge in [0.05, 0.1) is 0 Å². The Bertz CT molecular complexity index is 655. The molecule has 11 heteroatoms. The number of aromatic nitrogens is 2. The average molecular weight is 539 g/mol. The largest absolute Gasteiger partial charge is 0.444 e. The number of nitrogens with one attached hydrogen (secondary N) is 2. The van der Waals surface area contributed by atoms with Crippen LogP contribution in [0.5, 0.6) is 0 Å². The second-order valence-electron chi connectivity index (χ2n) is 7.58. The number of rotatable bonds is 6. The van der Waals surface area contributed by atoms with Crippen molar-refractivity contribution in [1.82, 2.24) is 24.9 Å². The van der Waals surface area contributed by atoms with Crippen molar-refractivity contribution in [3.05, 3.63) is 5.82 Å². The molecule has 0 bridgehead atoms. The Labute approximate surface area is 194 Å². The number of aliphatic imine (C=N–C) groups is 1. The van der Waals surface area contributed by atoms with Gasteiger partial charge in [0.25, 0.3) is 0 Å². The number of anilines is 1. The van der Waals surface area contributed by atoms with Crippen LogP contribution in [0.1, 0.15) is 39.9 Å². The lowest BCUT2D eigenvalue weighted by Gasteiger charge is -2.36. The van der Waals surface area contributed by atoms with Gasteiger partial charge in [0, 0.05) is 64.3 Å². The predicted octanol–water partition coefficient (Wildman–Crippen LogP) is 2.33. The van der Waals surface area contributed by atoms with Crippen molar-refractivity contribution in [2.24, 2.45) is 4.99 Å². The van der Waals surface area contributed by atoms with Crippen LogP contribution in [0.2, 0.25) is 0 Å². The Morgan fingerprint density at radius 3 is 2.41 bits per heavy atom. The van der Waals surface area contributed by atoms with E-state index >= 15 is 0 Å². The minimum Gasteiger partial charge on any atom is -0.444 e. The summed E-state index contributed by atoms with van der Waals surface area (Å²) in [4.78, 5) is 25.1. The minimum absolute atomic E-state index is 0. The lowest BCUT2D eigenvalue weighted by Crippen LogP contribution is -2.52.